The monoisotopic (exact) mass is 352 g/mol. The molecule has 0 aliphatic carbocycles. The molecule has 1 N–H and O–H groups in total. The molecule has 0 aliphatic rings. The Labute approximate surface area is 128 Å². The molecule has 3 rings (SSSR count). The molecule has 4 nitrogen and oxygen atoms in total. The molecule has 2 aromatic heterocycles. The van der Waals surface area contributed by atoms with Crippen LogP contribution in [0.1, 0.15) is 0 Å². The van der Waals surface area contributed by atoms with E-state index in [2.05, 4.69) is 30.9 Å². The second kappa shape index (κ2) is 5.07. The number of anilines is 1. The minimum atomic E-state index is -0.686. The molecule has 108 valence electrons. The van der Waals surface area contributed by atoms with Crippen LogP contribution in [-0.4, -0.2) is 29.0 Å². The highest BCUT2D eigenvalue weighted by Crippen LogP contribution is 2.28. The number of halogens is 3. The molecule has 0 saturated heterocycles. The molecule has 0 amide bonds. The predicted molar refractivity (Wildman–Crippen MR) is 81.3 cm³/mol. The van der Waals surface area contributed by atoms with Gasteiger partial charge in [0.25, 0.3) is 0 Å². The number of nitrogens with zero attached hydrogens (tertiary/aromatic N) is 3. The maximum absolute atomic E-state index is 14.0. The fraction of sp³-hybridized carbons (Fsp3) is 0.143. The summed E-state index contributed by atoms with van der Waals surface area (Å²) < 4.78 is 28.3. The van der Waals surface area contributed by atoms with Gasteiger partial charge in [0.15, 0.2) is 5.65 Å². The van der Waals surface area contributed by atoms with Gasteiger partial charge in [-0.3, -0.25) is 0 Å². The molecule has 3 aromatic rings. The van der Waals surface area contributed by atoms with E-state index in [1.54, 1.807) is 12.1 Å². The summed E-state index contributed by atoms with van der Waals surface area (Å²) in [5, 5.41) is 0. The summed E-state index contributed by atoms with van der Waals surface area (Å²) in [4.78, 5) is 13.2. The third-order valence-corrected chi connectivity index (χ3v) is 3.49. The highest BCUT2D eigenvalue weighted by molar-refractivity contribution is 9.10. The van der Waals surface area contributed by atoms with E-state index in [4.69, 9.17) is 0 Å². The minimum Gasteiger partial charge on any atom is -0.363 e. The van der Waals surface area contributed by atoms with Crippen molar-refractivity contribution >= 4 is 32.9 Å². The quantitative estimate of drug-likeness (QED) is 0.764. The largest absolute Gasteiger partial charge is 0.363 e. The number of imidazole rings is 1. The second-order valence-electron chi connectivity index (χ2n) is 4.76. The lowest BCUT2D eigenvalue weighted by Gasteiger charge is -2.09. The minimum absolute atomic E-state index is 0.121. The van der Waals surface area contributed by atoms with Crippen molar-refractivity contribution in [3.63, 3.8) is 0 Å². The van der Waals surface area contributed by atoms with Gasteiger partial charge < -0.3 is 9.88 Å². The van der Waals surface area contributed by atoms with Crippen LogP contribution >= 0.6 is 15.9 Å². The van der Waals surface area contributed by atoms with Crippen LogP contribution in [-0.2, 0) is 0 Å². The molecule has 0 fully saturated rings. The number of nitrogens with one attached hydrogen (secondary N) is 1. The van der Waals surface area contributed by atoms with Gasteiger partial charge >= 0.3 is 0 Å². The van der Waals surface area contributed by atoms with E-state index in [9.17, 15) is 8.78 Å². The summed E-state index contributed by atoms with van der Waals surface area (Å²) in [6.45, 7) is 0. The molecule has 21 heavy (non-hydrogen) atoms. The van der Waals surface area contributed by atoms with Gasteiger partial charge in [-0.25, -0.2) is 18.7 Å². The molecule has 0 spiro atoms. The summed E-state index contributed by atoms with van der Waals surface area (Å²) in [7, 11) is 3.71. The van der Waals surface area contributed by atoms with Crippen LogP contribution in [0.15, 0.2) is 28.7 Å². The van der Waals surface area contributed by atoms with E-state index < -0.39 is 11.6 Å². The Morgan fingerprint density at radius 3 is 2.38 bits per heavy atom. The van der Waals surface area contributed by atoms with Gasteiger partial charge in [-0.2, -0.15) is 0 Å². The third-order valence-electron chi connectivity index (χ3n) is 3.03. The Morgan fingerprint density at radius 1 is 1.10 bits per heavy atom. The zero-order chi connectivity index (χ0) is 15.1. The van der Waals surface area contributed by atoms with Crippen molar-refractivity contribution in [1.29, 1.82) is 0 Å². The lowest BCUT2D eigenvalue weighted by atomic mass is 10.2. The van der Waals surface area contributed by atoms with Crippen LogP contribution in [0, 0.1) is 11.6 Å². The van der Waals surface area contributed by atoms with Gasteiger partial charge in [0.1, 0.15) is 23.3 Å². The number of pyridine rings is 1. The molecule has 7 heteroatoms. The van der Waals surface area contributed by atoms with Crippen molar-refractivity contribution in [3.8, 4) is 11.4 Å². The number of aromatic nitrogens is 3. The number of aromatic amines is 1. The van der Waals surface area contributed by atoms with Crippen LogP contribution in [0.4, 0.5) is 14.6 Å². The van der Waals surface area contributed by atoms with Gasteiger partial charge in [-0.15, -0.1) is 0 Å². The molecule has 0 unspecified atom stereocenters. The average molecular weight is 353 g/mol. The van der Waals surface area contributed by atoms with E-state index in [1.807, 2.05) is 19.0 Å². The van der Waals surface area contributed by atoms with Crippen LogP contribution in [0.25, 0.3) is 22.6 Å². The first-order chi connectivity index (χ1) is 9.95. The molecule has 0 aliphatic heterocycles. The Kier molecular flexibility index (Phi) is 3.36. The van der Waals surface area contributed by atoms with Crippen LogP contribution in [0.3, 0.4) is 0 Å². The maximum Gasteiger partial charge on any atom is 0.180 e. The van der Waals surface area contributed by atoms with Crippen molar-refractivity contribution in [2.45, 2.75) is 0 Å². The molecule has 0 saturated carbocycles. The molecule has 0 radical (unpaired) electrons. The van der Waals surface area contributed by atoms with Crippen LogP contribution in [0.5, 0.6) is 0 Å². The highest BCUT2D eigenvalue weighted by atomic mass is 79.9. The average Bonchev–Trinajstić information content (AvgIpc) is 2.79. The maximum atomic E-state index is 14.0. The molecule has 0 bridgehead atoms. The van der Waals surface area contributed by atoms with Gasteiger partial charge in [0.2, 0.25) is 0 Å². The Hall–Kier alpha value is -2.02. The molecular formula is C14H11BrF2N4. The van der Waals surface area contributed by atoms with Gasteiger partial charge in [0, 0.05) is 18.6 Å². The normalized spacial score (nSPS) is 11.1. The highest BCUT2D eigenvalue weighted by Gasteiger charge is 2.17. The van der Waals surface area contributed by atoms with Crippen molar-refractivity contribution in [2.24, 2.45) is 0 Å². The van der Waals surface area contributed by atoms with E-state index in [0.29, 0.717) is 15.6 Å². The summed E-state index contributed by atoms with van der Waals surface area (Å²) in [6.07, 6.45) is 0. The molecule has 1 aromatic carbocycles. The molecule has 2 heterocycles. The van der Waals surface area contributed by atoms with Crippen molar-refractivity contribution in [3.05, 3.63) is 40.4 Å². The Morgan fingerprint density at radius 2 is 1.76 bits per heavy atom. The summed E-state index contributed by atoms with van der Waals surface area (Å²) in [6, 6.07) is 5.98. The fourth-order valence-corrected chi connectivity index (χ4v) is 2.42. The van der Waals surface area contributed by atoms with Gasteiger partial charge in [0.05, 0.1) is 11.1 Å². The first-order valence-electron chi connectivity index (χ1n) is 6.14. The van der Waals surface area contributed by atoms with E-state index in [-0.39, 0.29) is 11.4 Å². The van der Waals surface area contributed by atoms with Gasteiger partial charge in [-0.05, 0) is 24.3 Å². The molecule has 0 atom stereocenters. The Balaban J connectivity index is 2.18. The smallest absolute Gasteiger partial charge is 0.180 e. The first-order valence-corrected chi connectivity index (χ1v) is 6.94. The number of benzene rings is 1. The predicted octanol–water partition coefficient (Wildman–Crippen LogP) is 3.73. The topological polar surface area (TPSA) is 44.8 Å². The SMILES string of the molecule is CN(C)c1ccc2[nH]c(-c3c(F)cc(Br)cc3F)nc2n1. The first kappa shape index (κ1) is 13.9. The van der Waals surface area contributed by atoms with Crippen molar-refractivity contribution < 1.29 is 8.78 Å². The standard InChI is InChI=1S/C14H11BrF2N4/c1-21(2)11-4-3-10-13(19-11)20-14(18-10)12-8(16)5-7(15)6-9(12)17/h3-6H,1-2H3,(H,18,19,20). The fourth-order valence-electron chi connectivity index (χ4n) is 2.02. The van der Waals surface area contributed by atoms with Crippen molar-refractivity contribution in [1.82, 2.24) is 15.0 Å². The van der Waals surface area contributed by atoms with E-state index in [0.717, 1.165) is 5.82 Å². The Bertz CT molecular complexity index is 806. The lowest BCUT2D eigenvalue weighted by Crippen LogP contribution is -2.10. The van der Waals surface area contributed by atoms with Crippen molar-refractivity contribution in [2.75, 3.05) is 19.0 Å². The summed E-state index contributed by atoms with van der Waals surface area (Å²) in [5.74, 6) is -0.532. The zero-order valence-electron chi connectivity index (χ0n) is 11.3. The number of hydrogen-bond donors (Lipinski definition) is 1. The second-order valence-corrected chi connectivity index (χ2v) is 5.68. The summed E-state index contributed by atoms with van der Waals surface area (Å²) in [5.41, 5.74) is 0.845. The third kappa shape index (κ3) is 2.49. The molecular weight excluding hydrogens is 342 g/mol. The van der Waals surface area contributed by atoms with Gasteiger partial charge in [-0.1, -0.05) is 15.9 Å². The van der Waals surface area contributed by atoms with E-state index >= 15 is 0 Å². The number of H-pyrrole nitrogens is 1. The van der Waals surface area contributed by atoms with Crippen LogP contribution in [0.2, 0.25) is 0 Å². The number of rotatable bonds is 2. The summed E-state index contributed by atoms with van der Waals surface area (Å²) >= 11 is 3.05. The van der Waals surface area contributed by atoms with Crippen LogP contribution < -0.4 is 4.90 Å². The zero-order valence-corrected chi connectivity index (χ0v) is 12.9. The lowest BCUT2D eigenvalue weighted by molar-refractivity contribution is 0.586. The number of fused-ring (bicyclic) bond motifs is 1. The number of hydrogen-bond acceptors (Lipinski definition) is 3. The van der Waals surface area contributed by atoms with E-state index in [1.165, 1.54) is 12.1 Å².